The number of carbonyl (C=O) groups excluding carboxylic acids is 2. The van der Waals surface area contributed by atoms with Crippen molar-refractivity contribution >= 4 is 28.5 Å². The van der Waals surface area contributed by atoms with E-state index in [1.165, 1.54) is 12.7 Å². The largest absolute Gasteiger partial charge is 0.375 e. The quantitative estimate of drug-likeness (QED) is 0.392. The minimum Gasteiger partial charge on any atom is -0.375 e. The third-order valence-corrected chi connectivity index (χ3v) is 5.66. The summed E-state index contributed by atoms with van der Waals surface area (Å²) in [6.45, 7) is 2.54. The zero-order valence-electron chi connectivity index (χ0n) is 19.3. The number of anilines is 1. The number of hydrogen-bond acceptors (Lipinski definition) is 4. The summed E-state index contributed by atoms with van der Waals surface area (Å²) < 4.78 is 6.97. The zero-order chi connectivity index (χ0) is 23.9. The van der Waals surface area contributed by atoms with E-state index in [0.717, 1.165) is 17.5 Å². The van der Waals surface area contributed by atoms with Crippen molar-refractivity contribution in [3.8, 4) is 0 Å². The second-order valence-corrected chi connectivity index (χ2v) is 8.15. The summed E-state index contributed by atoms with van der Waals surface area (Å²) in [4.78, 5) is 29.9. The number of benzene rings is 3. The van der Waals surface area contributed by atoms with Crippen molar-refractivity contribution < 1.29 is 14.3 Å². The minimum absolute atomic E-state index is 0.0822. The molecule has 3 aromatic carbocycles. The molecule has 0 aliphatic heterocycles. The van der Waals surface area contributed by atoms with Crippen LogP contribution in [0, 0.1) is 0 Å². The number of amides is 2. The molecule has 2 amide bonds. The minimum atomic E-state index is -0.296. The maximum absolute atomic E-state index is 13.1. The van der Waals surface area contributed by atoms with Gasteiger partial charge in [0.15, 0.2) is 0 Å². The van der Waals surface area contributed by atoms with Crippen molar-refractivity contribution in [1.29, 1.82) is 0 Å². The molecule has 7 heteroatoms. The van der Waals surface area contributed by atoms with E-state index in [-0.39, 0.29) is 24.5 Å². The van der Waals surface area contributed by atoms with Gasteiger partial charge in [-0.05, 0) is 36.6 Å². The van der Waals surface area contributed by atoms with Crippen LogP contribution in [0.3, 0.4) is 0 Å². The Hall–Kier alpha value is -3.97. The average molecular weight is 457 g/mol. The van der Waals surface area contributed by atoms with Crippen LogP contribution in [-0.4, -0.2) is 35.1 Å². The van der Waals surface area contributed by atoms with Crippen LogP contribution in [0.5, 0.6) is 0 Å². The van der Waals surface area contributed by atoms with Crippen LogP contribution in [0.15, 0.2) is 79.1 Å². The molecule has 34 heavy (non-hydrogen) atoms. The van der Waals surface area contributed by atoms with Gasteiger partial charge in [-0.3, -0.25) is 9.59 Å². The Morgan fingerprint density at radius 1 is 1.03 bits per heavy atom. The topological polar surface area (TPSA) is 85.2 Å². The first-order chi connectivity index (χ1) is 16.5. The number of aromatic nitrogens is 2. The fourth-order valence-corrected chi connectivity index (χ4v) is 3.92. The first-order valence-corrected chi connectivity index (χ1v) is 11.2. The highest BCUT2D eigenvalue weighted by Crippen LogP contribution is 2.26. The van der Waals surface area contributed by atoms with E-state index in [2.05, 4.69) is 27.8 Å². The fraction of sp³-hybridized carbons (Fsp3) is 0.222. The summed E-state index contributed by atoms with van der Waals surface area (Å²) in [5, 5.41) is 5.91. The molecule has 1 aromatic heterocycles. The lowest BCUT2D eigenvalue weighted by Crippen LogP contribution is -2.27. The normalized spacial score (nSPS) is 11.8. The number of methoxy groups -OCH3 is 1. The lowest BCUT2D eigenvalue weighted by atomic mass is 10.1. The Morgan fingerprint density at radius 3 is 2.44 bits per heavy atom. The number of nitrogens with zero attached hydrogens (tertiary/aromatic N) is 2. The first-order valence-electron chi connectivity index (χ1n) is 11.2. The van der Waals surface area contributed by atoms with Gasteiger partial charge in [0.05, 0.1) is 29.1 Å². The number of carbonyl (C=O) groups is 2. The molecule has 0 bridgehead atoms. The van der Waals surface area contributed by atoms with Crippen LogP contribution in [0.1, 0.15) is 34.5 Å². The maximum atomic E-state index is 13.1. The summed E-state index contributed by atoms with van der Waals surface area (Å²) in [7, 11) is 1.47. The van der Waals surface area contributed by atoms with Crippen molar-refractivity contribution in [2.24, 2.45) is 0 Å². The predicted molar refractivity (Wildman–Crippen MR) is 133 cm³/mol. The molecule has 174 valence electrons. The van der Waals surface area contributed by atoms with E-state index in [1.54, 1.807) is 18.5 Å². The van der Waals surface area contributed by atoms with Gasteiger partial charge in [-0.1, -0.05) is 60.7 Å². The van der Waals surface area contributed by atoms with E-state index < -0.39 is 0 Å². The van der Waals surface area contributed by atoms with Gasteiger partial charge in [0.25, 0.3) is 5.91 Å². The fourth-order valence-electron chi connectivity index (χ4n) is 3.92. The number of ether oxygens (including phenoxy) is 1. The van der Waals surface area contributed by atoms with Crippen LogP contribution >= 0.6 is 0 Å². The molecule has 7 nitrogen and oxygen atoms in total. The lowest BCUT2D eigenvalue weighted by molar-refractivity contribution is -0.119. The highest BCUT2D eigenvalue weighted by Gasteiger charge is 2.18. The molecule has 0 aliphatic rings. The van der Waals surface area contributed by atoms with Gasteiger partial charge in [-0.25, -0.2) is 4.98 Å². The molecule has 0 saturated carbocycles. The van der Waals surface area contributed by atoms with Crippen LogP contribution in [-0.2, 0) is 22.5 Å². The number of aryl methyl sites for hydroxylation is 2. The monoisotopic (exact) mass is 456 g/mol. The van der Waals surface area contributed by atoms with Crippen LogP contribution in [0.2, 0.25) is 0 Å². The molecule has 1 atom stereocenters. The van der Waals surface area contributed by atoms with Crippen molar-refractivity contribution in [1.82, 2.24) is 14.9 Å². The van der Waals surface area contributed by atoms with Crippen LogP contribution in [0.4, 0.5) is 5.69 Å². The number of fused-ring (bicyclic) bond motifs is 1. The number of nitrogens with one attached hydrogen (secondary N) is 2. The SMILES string of the molecule is COCC(=O)Nc1cc(C(=O)N[C@@H](C)c2ccccc2)cc2ncn(CCc3ccccc3)c12. The predicted octanol–water partition coefficient (Wildman–Crippen LogP) is 4.35. The van der Waals surface area contributed by atoms with Gasteiger partial charge in [-0.15, -0.1) is 0 Å². The Morgan fingerprint density at radius 2 is 1.74 bits per heavy atom. The Bertz CT molecular complexity index is 1270. The number of imidazole rings is 1. The summed E-state index contributed by atoms with van der Waals surface area (Å²) in [5.74, 6) is -0.533. The summed E-state index contributed by atoms with van der Waals surface area (Å²) in [5.41, 5.74) is 4.59. The van der Waals surface area contributed by atoms with E-state index in [1.807, 2.05) is 60.0 Å². The Kier molecular flexibility index (Phi) is 7.34. The highest BCUT2D eigenvalue weighted by molar-refractivity contribution is 6.05. The molecule has 0 aliphatic carbocycles. The molecule has 4 aromatic rings. The van der Waals surface area contributed by atoms with Crippen molar-refractivity contribution in [3.63, 3.8) is 0 Å². The van der Waals surface area contributed by atoms with Gasteiger partial charge in [0, 0.05) is 19.2 Å². The highest BCUT2D eigenvalue weighted by atomic mass is 16.5. The van der Waals surface area contributed by atoms with Gasteiger partial charge >= 0.3 is 0 Å². The van der Waals surface area contributed by atoms with Crippen molar-refractivity contribution in [3.05, 3.63) is 95.8 Å². The third kappa shape index (κ3) is 5.50. The average Bonchev–Trinajstić information content (AvgIpc) is 3.27. The Labute approximate surface area is 198 Å². The third-order valence-electron chi connectivity index (χ3n) is 5.66. The van der Waals surface area contributed by atoms with Crippen molar-refractivity contribution in [2.45, 2.75) is 25.9 Å². The maximum Gasteiger partial charge on any atom is 0.251 e. The van der Waals surface area contributed by atoms with Gasteiger partial charge in [0.1, 0.15) is 6.61 Å². The second kappa shape index (κ2) is 10.8. The summed E-state index contributed by atoms with van der Waals surface area (Å²) in [6, 6.07) is 23.2. The lowest BCUT2D eigenvalue weighted by Gasteiger charge is -2.16. The number of rotatable bonds is 9. The number of hydrogen-bond donors (Lipinski definition) is 2. The standard InChI is InChI=1S/C27H28N4O3/c1-19(21-11-7-4-8-12-21)29-27(33)22-15-23-26(24(16-22)30-25(32)17-34-2)31(18-28-23)14-13-20-9-5-3-6-10-20/h3-12,15-16,18-19H,13-14,17H2,1-2H3,(H,29,33)(H,30,32)/t19-/m0/s1. The smallest absolute Gasteiger partial charge is 0.251 e. The second-order valence-electron chi connectivity index (χ2n) is 8.15. The molecule has 0 spiro atoms. The van der Waals surface area contributed by atoms with Gasteiger partial charge in [-0.2, -0.15) is 0 Å². The Balaban J connectivity index is 1.63. The zero-order valence-corrected chi connectivity index (χ0v) is 19.3. The van der Waals surface area contributed by atoms with E-state index in [4.69, 9.17) is 4.74 Å². The van der Waals surface area contributed by atoms with E-state index in [0.29, 0.717) is 23.3 Å². The molecule has 0 fully saturated rings. The van der Waals surface area contributed by atoms with Crippen molar-refractivity contribution in [2.75, 3.05) is 19.0 Å². The van der Waals surface area contributed by atoms with Crippen LogP contribution < -0.4 is 10.6 Å². The molecule has 4 rings (SSSR count). The molecular weight excluding hydrogens is 428 g/mol. The molecular formula is C27H28N4O3. The van der Waals surface area contributed by atoms with E-state index >= 15 is 0 Å². The first kappa shape index (κ1) is 23.2. The summed E-state index contributed by atoms with van der Waals surface area (Å²) >= 11 is 0. The van der Waals surface area contributed by atoms with E-state index in [9.17, 15) is 9.59 Å². The van der Waals surface area contributed by atoms with Crippen LogP contribution in [0.25, 0.3) is 11.0 Å². The molecule has 0 unspecified atom stereocenters. The molecule has 0 saturated heterocycles. The molecule has 1 heterocycles. The molecule has 2 N–H and O–H groups in total. The van der Waals surface area contributed by atoms with Gasteiger partial charge < -0.3 is 19.9 Å². The molecule has 0 radical (unpaired) electrons. The van der Waals surface area contributed by atoms with Gasteiger partial charge in [0.2, 0.25) is 5.91 Å². The summed E-state index contributed by atoms with van der Waals surface area (Å²) in [6.07, 6.45) is 2.56.